The molecule has 0 spiro atoms. The van der Waals surface area contributed by atoms with E-state index in [1.165, 1.54) is 13.2 Å². The van der Waals surface area contributed by atoms with Gasteiger partial charge in [-0.2, -0.15) is 0 Å². The molecule has 126 valence electrons. The first-order chi connectivity index (χ1) is 10.8. The standard InChI is InChI=1S/C16H18ClFO5/c1-9(5-13(19)22-2)14(20)10-6-11(17)15(12(18)7-10)23-8-16(21)3-4-16/h6-7,9,21H,3-5,8H2,1-2H3. The highest BCUT2D eigenvalue weighted by molar-refractivity contribution is 6.32. The van der Waals surface area contributed by atoms with E-state index in [-0.39, 0.29) is 29.4 Å². The van der Waals surface area contributed by atoms with Gasteiger partial charge in [0.2, 0.25) is 0 Å². The number of esters is 1. The van der Waals surface area contributed by atoms with Crippen molar-refractivity contribution in [2.24, 2.45) is 5.92 Å². The molecule has 2 rings (SSSR count). The van der Waals surface area contributed by atoms with Crippen molar-refractivity contribution in [2.45, 2.75) is 31.8 Å². The maximum absolute atomic E-state index is 14.1. The number of hydrogen-bond donors (Lipinski definition) is 1. The number of rotatable bonds is 7. The Morgan fingerprint density at radius 2 is 2.09 bits per heavy atom. The van der Waals surface area contributed by atoms with Gasteiger partial charge in [-0.25, -0.2) is 4.39 Å². The number of Topliss-reactive ketones (excluding diaryl/α,β-unsaturated/α-hetero) is 1. The number of carbonyl (C=O) groups excluding carboxylic acids is 2. The molecule has 0 aliphatic heterocycles. The highest BCUT2D eigenvalue weighted by Crippen LogP contribution is 2.37. The predicted octanol–water partition coefficient (Wildman–Crippen LogP) is 2.76. The number of aliphatic hydroxyl groups is 1. The summed E-state index contributed by atoms with van der Waals surface area (Å²) in [6.45, 7) is 1.51. The zero-order valence-electron chi connectivity index (χ0n) is 12.9. The van der Waals surface area contributed by atoms with Gasteiger partial charge in [-0.3, -0.25) is 9.59 Å². The van der Waals surface area contributed by atoms with Crippen LogP contribution in [0.4, 0.5) is 4.39 Å². The van der Waals surface area contributed by atoms with Gasteiger partial charge in [0.1, 0.15) is 6.61 Å². The van der Waals surface area contributed by atoms with Crippen LogP contribution in [0.3, 0.4) is 0 Å². The van der Waals surface area contributed by atoms with Crippen molar-refractivity contribution in [3.8, 4) is 5.75 Å². The van der Waals surface area contributed by atoms with Crippen LogP contribution in [-0.4, -0.2) is 36.2 Å². The Morgan fingerprint density at radius 3 is 2.61 bits per heavy atom. The maximum atomic E-state index is 14.1. The second-order valence-corrected chi connectivity index (χ2v) is 6.23. The maximum Gasteiger partial charge on any atom is 0.306 e. The zero-order chi connectivity index (χ0) is 17.2. The molecule has 5 nitrogen and oxygen atoms in total. The summed E-state index contributed by atoms with van der Waals surface area (Å²) in [6, 6.07) is 2.32. The molecule has 1 aromatic carbocycles. The summed E-state index contributed by atoms with van der Waals surface area (Å²) in [5.41, 5.74) is -0.847. The molecule has 23 heavy (non-hydrogen) atoms. The van der Waals surface area contributed by atoms with Crippen molar-refractivity contribution in [3.63, 3.8) is 0 Å². The van der Waals surface area contributed by atoms with Crippen molar-refractivity contribution >= 4 is 23.4 Å². The minimum absolute atomic E-state index is 0.0460. The topological polar surface area (TPSA) is 72.8 Å². The molecule has 1 fully saturated rings. The van der Waals surface area contributed by atoms with Crippen molar-refractivity contribution < 1.29 is 28.6 Å². The molecule has 1 aromatic rings. The van der Waals surface area contributed by atoms with Crippen LogP contribution >= 0.6 is 11.6 Å². The molecular weight excluding hydrogens is 327 g/mol. The van der Waals surface area contributed by atoms with E-state index >= 15 is 0 Å². The Bertz CT molecular complexity index is 604. The van der Waals surface area contributed by atoms with Crippen LogP contribution in [0.2, 0.25) is 5.02 Å². The molecule has 1 N–H and O–H groups in total. The molecule has 0 saturated heterocycles. The van der Waals surface area contributed by atoms with Crippen molar-refractivity contribution in [1.29, 1.82) is 0 Å². The summed E-state index contributed by atoms with van der Waals surface area (Å²) >= 11 is 5.98. The lowest BCUT2D eigenvalue weighted by atomic mass is 9.96. The van der Waals surface area contributed by atoms with E-state index < -0.39 is 29.1 Å². The third-order valence-electron chi connectivity index (χ3n) is 3.74. The summed E-state index contributed by atoms with van der Waals surface area (Å²) in [4.78, 5) is 23.4. The van der Waals surface area contributed by atoms with Gasteiger partial charge in [-0.1, -0.05) is 18.5 Å². The van der Waals surface area contributed by atoms with Gasteiger partial charge in [0.05, 0.1) is 24.2 Å². The lowest BCUT2D eigenvalue weighted by Gasteiger charge is -2.14. The SMILES string of the molecule is COC(=O)CC(C)C(=O)c1cc(F)c(OCC2(O)CC2)c(Cl)c1. The number of benzene rings is 1. The highest BCUT2D eigenvalue weighted by Gasteiger charge is 2.41. The molecule has 0 amide bonds. The highest BCUT2D eigenvalue weighted by atomic mass is 35.5. The number of hydrogen-bond acceptors (Lipinski definition) is 5. The fraction of sp³-hybridized carbons (Fsp3) is 0.500. The molecule has 1 atom stereocenters. The Balaban J connectivity index is 2.11. The monoisotopic (exact) mass is 344 g/mol. The van der Waals surface area contributed by atoms with Crippen LogP contribution in [0.5, 0.6) is 5.75 Å². The molecule has 1 aliphatic carbocycles. The molecule has 0 aromatic heterocycles. The average molecular weight is 345 g/mol. The Kier molecular flexibility index (Phi) is 5.26. The summed E-state index contributed by atoms with van der Waals surface area (Å²) in [6.07, 6.45) is 1.11. The Morgan fingerprint density at radius 1 is 1.43 bits per heavy atom. The number of ketones is 1. The second kappa shape index (κ2) is 6.84. The fourth-order valence-corrected chi connectivity index (χ4v) is 2.31. The zero-order valence-corrected chi connectivity index (χ0v) is 13.7. The van der Waals surface area contributed by atoms with Crippen LogP contribution in [0.1, 0.15) is 36.5 Å². The van der Waals surface area contributed by atoms with E-state index in [4.69, 9.17) is 16.3 Å². The quantitative estimate of drug-likeness (QED) is 0.608. The Hall–Kier alpha value is -1.66. The van der Waals surface area contributed by atoms with Crippen molar-refractivity contribution in [1.82, 2.24) is 0 Å². The van der Waals surface area contributed by atoms with E-state index in [0.29, 0.717) is 12.8 Å². The van der Waals surface area contributed by atoms with Crippen molar-refractivity contribution in [2.75, 3.05) is 13.7 Å². The third kappa shape index (κ3) is 4.42. The normalized spacial score (nSPS) is 16.6. The van der Waals surface area contributed by atoms with Crippen molar-refractivity contribution in [3.05, 3.63) is 28.5 Å². The van der Waals surface area contributed by atoms with Crippen LogP contribution < -0.4 is 4.74 Å². The Labute approximate surface area is 138 Å². The lowest BCUT2D eigenvalue weighted by Crippen LogP contribution is -2.19. The third-order valence-corrected chi connectivity index (χ3v) is 4.02. The summed E-state index contributed by atoms with van der Waals surface area (Å²) in [5, 5.41) is 9.65. The van der Waals surface area contributed by atoms with Crippen LogP contribution in [0.15, 0.2) is 12.1 Å². The molecule has 1 aliphatic rings. The van der Waals surface area contributed by atoms with E-state index in [9.17, 15) is 19.1 Å². The second-order valence-electron chi connectivity index (χ2n) is 5.83. The molecule has 7 heteroatoms. The first-order valence-electron chi connectivity index (χ1n) is 7.21. The van der Waals surface area contributed by atoms with Gasteiger partial charge in [0.15, 0.2) is 17.3 Å². The molecule has 1 unspecified atom stereocenters. The van der Waals surface area contributed by atoms with Gasteiger partial charge in [-0.05, 0) is 25.0 Å². The smallest absolute Gasteiger partial charge is 0.306 e. The minimum atomic E-state index is -0.903. The molecule has 0 heterocycles. The van der Waals surface area contributed by atoms with Gasteiger partial charge in [0.25, 0.3) is 0 Å². The van der Waals surface area contributed by atoms with E-state index in [1.807, 2.05) is 0 Å². The van der Waals surface area contributed by atoms with Crippen LogP contribution in [0.25, 0.3) is 0 Å². The van der Waals surface area contributed by atoms with E-state index in [1.54, 1.807) is 6.92 Å². The van der Waals surface area contributed by atoms with E-state index in [0.717, 1.165) is 6.07 Å². The molecule has 0 radical (unpaired) electrons. The number of methoxy groups -OCH3 is 1. The van der Waals surface area contributed by atoms with Crippen LogP contribution in [-0.2, 0) is 9.53 Å². The lowest BCUT2D eigenvalue weighted by molar-refractivity contribution is -0.141. The molecule has 0 bridgehead atoms. The average Bonchev–Trinajstić information content (AvgIpc) is 3.23. The molecule has 1 saturated carbocycles. The van der Waals surface area contributed by atoms with Crippen LogP contribution in [0, 0.1) is 11.7 Å². The fourth-order valence-electron chi connectivity index (χ4n) is 2.05. The minimum Gasteiger partial charge on any atom is -0.486 e. The van der Waals surface area contributed by atoms with Gasteiger partial charge >= 0.3 is 5.97 Å². The first-order valence-corrected chi connectivity index (χ1v) is 7.59. The van der Waals surface area contributed by atoms with Gasteiger partial charge < -0.3 is 14.6 Å². The van der Waals surface area contributed by atoms with E-state index in [2.05, 4.69) is 4.74 Å². The number of carbonyl (C=O) groups is 2. The number of ether oxygens (including phenoxy) is 2. The molecular formula is C16H18ClFO5. The predicted molar refractivity (Wildman–Crippen MR) is 81.2 cm³/mol. The summed E-state index contributed by atoms with van der Waals surface area (Å²) in [7, 11) is 1.23. The number of halogens is 2. The first kappa shape index (κ1) is 17.7. The largest absolute Gasteiger partial charge is 0.486 e. The van der Waals surface area contributed by atoms with Gasteiger partial charge in [0, 0.05) is 11.5 Å². The summed E-state index contributed by atoms with van der Waals surface area (Å²) < 4.78 is 23.9. The van der Waals surface area contributed by atoms with Gasteiger partial charge in [-0.15, -0.1) is 0 Å². The summed E-state index contributed by atoms with van der Waals surface area (Å²) in [5.74, 6) is -2.56.